The maximum Gasteiger partial charge on any atom is 0.268 e. The average molecular weight is 313 g/mol. The summed E-state index contributed by atoms with van der Waals surface area (Å²) in [6.07, 6.45) is 1.72. The summed E-state index contributed by atoms with van der Waals surface area (Å²) in [7, 11) is 0. The van der Waals surface area contributed by atoms with E-state index in [1.807, 2.05) is 31.2 Å². The molecule has 120 valence electrons. The molecule has 2 aromatic rings. The Balaban J connectivity index is 1.83. The summed E-state index contributed by atoms with van der Waals surface area (Å²) in [4.78, 5) is 14.7. The molecule has 2 aromatic carbocycles. The van der Waals surface area contributed by atoms with Crippen molar-refractivity contribution in [3.63, 3.8) is 0 Å². The van der Waals surface area contributed by atoms with Crippen LogP contribution in [-0.2, 0) is 11.2 Å². The van der Waals surface area contributed by atoms with Gasteiger partial charge in [-0.15, -0.1) is 0 Å². The number of carbonyl (C=O) groups excluding carboxylic acids is 1. The SMILES string of the molecule is CC[C@H](Oc1ccccc1F)C(=O)N1CCCc2ccccc21. The van der Waals surface area contributed by atoms with E-state index in [4.69, 9.17) is 4.74 Å². The summed E-state index contributed by atoms with van der Waals surface area (Å²) < 4.78 is 19.4. The van der Waals surface area contributed by atoms with Crippen LogP contribution >= 0.6 is 0 Å². The van der Waals surface area contributed by atoms with Crippen molar-refractivity contribution < 1.29 is 13.9 Å². The Morgan fingerprint density at radius 1 is 1.22 bits per heavy atom. The first-order valence-electron chi connectivity index (χ1n) is 8.01. The smallest absolute Gasteiger partial charge is 0.268 e. The van der Waals surface area contributed by atoms with Gasteiger partial charge in [0, 0.05) is 12.2 Å². The van der Waals surface area contributed by atoms with Crippen LogP contribution in [0.5, 0.6) is 5.75 Å². The third kappa shape index (κ3) is 3.21. The summed E-state index contributed by atoms with van der Waals surface area (Å²) in [5, 5.41) is 0. The van der Waals surface area contributed by atoms with Gasteiger partial charge in [0.2, 0.25) is 0 Å². The van der Waals surface area contributed by atoms with Crippen LogP contribution in [0, 0.1) is 5.82 Å². The number of anilines is 1. The molecule has 0 spiro atoms. The summed E-state index contributed by atoms with van der Waals surface area (Å²) >= 11 is 0. The summed E-state index contributed by atoms with van der Waals surface area (Å²) in [6.45, 7) is 2.55. The molecule has 1 aliphatic rings. The third-order valence-corrected chi connectivity index (χ3v) is 4.13. The number of aryl methyl sites for hydroxylation is 1. The molecule has 1 amide bonds. The number of hydrogen-bond donors (Lipinski definition) is 0. The van der Waals surface area contributed by atoms with Crippen LogP contribution in [0.25, 0.3) is 0 Å². The first-order chi connectivity index (χ1) is 11.2. The van der Waals surface area contributed by atoms with Crippen LogP contribution in [0.3, 0.4) is 0 Å². The normalized spacial score (nSPS) is 15.0. The van der Waals surface area contributed by atoms with Gasteiger partial charge < -0.3 is 9.64 Å². The lowest BCUT2D eigenvalue weighted by Crippen LogP contribution is -2.44. The number of rotatable bonds is 4. The highest BCUT2D eigenvalue weighted by atomic mass is 19.1. The molecule has 1 heterocycles. The van der Waals surface area contributed by atoms with Gasteiger partial charge in [0.25, 0.3) is 5.91 Å². The molecule has 0 radical (unpaired) electrons. The summed E-state index contributed by atoms with van der Waals surface area (Å²) in [5.41, 5.74) is 2.12. The van der Waals surface area contributed by atoms with Crippen molar-refractivity contribution in [2.75, 3.05) is 11.4 Å². The molecule has 0 aliphatic carbocycles. The molecule has 3 rings (SSSR count). The van der Waals surface area contributed by atoms with Crippen molar-refractivity contribution in [2.24, 2.45) is 0 Å². The van der Waals surface area contributed by atoms with Crippen LogP contribution in [0.1, 0.15) is 25.3 Å². The van der Waals surface area contributed by atoms with E-state index < -0.39 is 11.9 Å². The number of ether oxygens (including phenoxy) is 1. The molecule has 0 bridgehead atoms. The minimum absolute atomic E-state index is 0.108. The molecular formula is C19H20FNO2. The molecule has 0 N–H and O–H groups in total. The first-order valence-corrected chi connectivity index (χ1v) is 8.01. The van der Waals surface area contributed by atoms with Gasteiger partial charge in [-0.2, -0.15) is 0 Å². The van der Waals surface area contributed by atoms with Crippen molar-refractivity contribution in [2.45, 2.75) is 32.3 Å². The Morgan fingerprint density at radius 3 is 2.74 bits per heavy atom. The highest BCUT2D eigenvalue weighted by Crippen LogP contribution is 2.28. The predicted molar refractivity (Wildman–Crippen MR) is 88.2 cm³/mol. The maximum absolute atomic E-state index is 13.8. The monoisotopic (exact) mass is 313 g/mol. The molecule has 0 aromatic heterocycles. The molecule has 23 heavy (non-hydrogen) atoms. The number of amides is 1. The number of nitrogens with zero attached hydrogens (tertiary/aromatic N) is 1. The van der Waals surface area contributed by atoms with E-state index in [0.29, 0.717) is 13.0 Å². The first kappa shape index (κ1) is 15.5. The number of para-hydroxylation sites is 2. The lowest BCUT2D eigenvalue weighted by molar-refractivity contribution is -0.125. The van der Waals surface area contributed by atoms with Gasteiger partial charge in [-0.3, -0.25) is 4.79 Å². The highest BCUT2D eigenvalue weighted by Gasteiger charge is 2.29. The number of benzene rings is 2. The van der Waals surface area contributed by atoms with Gasteiger partial charge in [0.15, 0.2) is 17.7 Å². The van der Waals surface area contributed by atoms with E-state index in [1.54, 1.807) is 23.1 Å². The zero-order chi connectivity index (χ0) is 16.2. The summed E-state index contributed by atoms with van der Waals surface area (Å²) in [6, 6.07) is 14.1. The van der Waals surface area contributed by atoms with E-state index in [0.717, 1.165) is 18.5 Å². The van der Waals surface area contributed by atoms with Crippen molar-refractivity contribution in [1.29, 1.82) is 0 Å². The molecule has 0 saturated carbocycles. The molecule has 1 aliphatic heterocycles. The molecule has 0 fully saturated rings. The van der Waals surface area contributed by atoms with Crippen LogP contribution in [0.2, 0.25) is 0 Å². The minimum Gasteiger partial charge on any atom is -0.478 e. The van der Waals surface area contributed by atoms with Crippen molar-refractivity contribution in [3.05, 3.63) is 59.9 Å². The standard InChI is InChI=1S/C19H20FNO2/c1-2-17(23-18-12-6-4-10-15(18)20)19(22)21-13-7-9-14-8-3-5-11-16(14)21/h3-6,8,10-12,17H,2,7,9,13H2,1H3/t17-/m0/s1. The molecule has 0 unspecified atom stereocenters. The molecular weight excluding hydrogens is 293 g/mol. The second-order valence-corrected chi connectivity index (χ2v) is 5.67. The predicted octanol–water partition coefficient (Wildman–Crippen LogP) is 3.96. The van der Waals surface area contributed by atoms with Gasteiger partial charge in [0.05, 0.1) is 0 Å². The van der Waals surface area contributed by atoms with E-state index in [2.05, 4.69) is 0 Å². The molecule has 0 saturated heterocycles. The van der Waals surface area contributed by atoms with Crippen molar-refractivity contribution >= 4 is 11.6 Å². The lowest BCUT2D eigenvalue weighted by Gasteiger charge is -2.32. The fourth-order valence-electron chi connectivity index (χ4n) is 2.94. The fraction of sp³-hybridized carbons (Fsp3) is 0.316. The van der Waals surface area contributed by atoms with Crippen LogP contribution in [0.4, 0.5) is 10.1 Å². The van der Waals surface area contributed by atoms with E-state index in [1.165, 1.54) is 11.6 Å². The van der Waals surface area contributed by atoms with Crippen molar-refractivity contribution in [3.8, 4) is 5.75 Å². The molecule has 3 nitrogen and oxygen atoms in total. The van der Waals surface area contributed by atoms with E-state index >= 15 is 0 Å². The quantitative estimate of drug-likeness (QED) is 0.855. The number of hydrogen-bond acceptors (Lipinski definition) is 2. The van der Waals surface area contributed by atoms with Gasteiger partial charge in [-0.25, -0.2) is 4.39 Å². The topological polar surface area (TPSA) is 29.5 Å². The highest BCUT2D eigenvalue weighted by molar-refractivity contribution is 5.97. The summed E-state index contributed by atoms with van der Waals surface area (Å²) in [5.74, 6) is -0.432. The van der Waals surface area contributed by atoms with Crippen LogP contribution in [-0.4, -0.2) is 18.6 Å². The van der Waals surface area contributed by atoms with Crippen molar-refractivity contribution in [1.82, 2.24) is 0 Å². The van der Waals surface area contributed by atoms with E-state index in [9.17, 15) is 9.18 Å². The lowest BCUT2D eigenvalue weighted by atomic mass is 10.0. The van der Waals surface area contributed by atoms with Gasteiger partial charge in [-0.05, 0) is 43.0 Å². The Bertz CT molecular complexity index is 701. The Morgan fingerprint density at radius 2 is 1.96 bits per heavy atom. The Labute approximate surface area is 135 Å². The van der Waals surface area contributed by atoms with Crippen LogP contribution in [0.15, 0.2) is 48.5 Å². The Hall–Kier alpha value is -2.36. The van der Waals surface area contributed by atoms with Gasteiger partial charge in [0.1, 0.15) is 0 Å². The molecule has 1 atom stereocenters. The third-order valence-electron chi connectivity index (χ3n) is 4.13. The second kappa shape index (κ2) is 6.82. The van der Waals surface area contributed by atoms with Gasteiger partial charge >= 0.3 is 0 Å². The zero-order valence-electron chi connectivity index (χ0n) is 13.2. The zero-order valence-corrected chi connectivity index (χ0v) is 13.2. The van der Waals surface area contributed by atoms with Crippen LogP contribution < -0.4 is 9.64 Å². The van der Waals surface area contributed by atoms with Gasteiger partial charge in [-0.1, -0.05) is 37.3 Å². The largest absolute Gasteiger partial charge is 0.478 e. The second-order valence-electron chi connectivity index (χ2n) is 5.67. The minimum atomic E-state index is -0.682. The molecule has 4 heteroatoms. The number of fused-ring (bicyclic) bond motifs is 1. The number of halogens is 1. The Kier molecular flexibility index (Phi) is 4.60. The number of carbonyl (C=O) groups is 1. The average Bonchev–Trinajstić information content (AvgIpc) is 2.60. The van der Waals surface area contributed by atoms with E-state index in [-0.39, 0.29) is 11.7 Å². The maximum atomic E-state index is 13.8. The fourth-order valence-corrected chi connectivity index (χ4v) is 2.94.